The summed E-state index contributed by atoms with van der Waals surface area (Å²) in [6.07, 6.45) is -18.1. The number of nitrogens with one attached hydrogen (secondary N) is 10. The number of anilines is 1. The number of carboxylic acids is 1. The van der Waals surface area contributed by atoms with E-state index in [9.17, 15) is 94.7 Å². The van der Waals surface area contributed by atoms with E-state index >= 15 is 24.0 Å². The van der Waals surface area contributed by atoms with Crippen LogP contribution in [0.25, 0.3) is 0 Å². The average molecular weight is 1960 g/mol. The molecule has 2 fully saturated rings. The van der Waals surface area contributed by atoms with Gasteiger partial charge in [-0.3, -0.25) is 53.0 Å². The number of rotatable bonds is 26. The molecule has 2 saturated heterocycles. The van der Waals surface area contributed by atoms with Gasteiger partial charge in [0.15, 0.2) is 24.1 Å². The summed E-state index contributed by atoms with van der Waals surface area (Å²) in [7, 11) is -3.35. The predicted octanol–water partition coefficient (Wildman–Crippen LogP) is 0.612. The number of carbonyl (C=O) groups excluding carboxylic acids is 8. The molecule has 4 aliphatic carbocycles. The predicted molar refractivity (Wildman–Crippen MR) is 480 cm³/mol. The zero-order valence-electron chi connectivity index (χ0n) is 74.3. The third kappa shape index (κ3) is 23.4. The maximum absolute atomic E-state index is 16.5. The number of nitro benzene ring substituents is 1. The van der Waals surface area contributed by atoms with Gasteiger partial charge in [0.05, 0.1) is 89.0 Å². The van der Waals surface area contributed by atoms with Gasteiger partial charge < -0.3 is 153 Å². The molecule has 0 spiro atoms. The number of aliphatic hydroxyl groups excluding tert-OH is 9. The van der Waals surface area contributed by atoms with Crippen molar-refractivity contribution in [1.82, 2.24) is 47.9 Å². The van der Waals surface area contributed by atoms with Crippen LogP contribution in [-0.4, -0.2) is 266 Å². The molecule has 11 bridgehead atoms. The molecule has 9 unspecified atom stereocenters. The van der Waals surface area contributed by atoms with Gasteiger partial charge in [0.25, 0.3) is 5.91 Å². The van der Waals surface area contributed by atoms with Crippen LogP contribution in [0.3, 0.4) is 0 Å². The quantitative estimate of drug-likeness (QED) is 0.0135. The molecular weight excluding hydrogens is 1850 g/mol. The number of ether oxygens (including phenoxy) is 7. The molecule has 26 atom stereocenters. The van der Waals surface area contributed by atoms with E-state index in [1.54, 1.807) is 68.4 Å². The van der Waals surface area contributed by atoms with E-state index in [0.29, 0.717) is 11.1 Å². The number of likely N-dealkylation sites (N-methyl/N-ethyl adjacent to an activating group) is 1. The smallest absolute Gasteiger partial charge is 0.339 e. The zero-order chi connectivity index (χ0) is 98.5. The molecule has 43 nitrogen and oxygen atoms in total. The molecule has 8 amide bonds. The number of carbonyl (C=O) groups is 9. The number of alkyl halides is 1. The average Bonchev–Trinajstić information content (AvgIpc) is 0.743. The molecule has 46 heteroatoms. The molecule has 24 N–H and O–H groups in total. The summed E-state index contributed by atoms with van der Waals surface area (Å²) >= 11 is 14.5. The number of nitro groups is 1. The van der Waals surface area contributed by atoms with Crippen molar-refractivity contribution in [3.05, 3.63) is 187 Å². The normalized spacial score (nSPS) is 31.8. The minimum absolute atomic E-state index is 0.0268. The number of fused-ring (bicyclic) bond motifs is 12. The second kappa shape index (κ2) is 43.4. The van der Waals surface area contributed by atoms with Crippen molar-refractivity contribution in [2.24, 2.45) is 41.2 Å². The van der Waals surface area contributed by atoms with Gasteiger partial charge in [0.2, 0.25) is 59.1 Å². The van der Waals surface area contributed by atoms with Crippen molar-refractivity contribution in [3.63, 3.8) is 0 Å². The van der Waals surface area contributed by atoms with E-state index < -0.39 is 300 Å². The Bertz CT molecular complexity index is 5470. The number of hydrogen-bond donors (Lipinski definition) is 23. The molecule has 0 aromatic heterocycles. The molecule has 136 heavy (non-hydrogen) atoms. The minimum atomic E-state index is -4.82. The highest BCUT2D eigenvalue weighted by Crippen LogP contribution is 2.50. The van der Waals surface area contributed by atoms with Crippen LogP contribution in [0.1, 0.15) is 111 Å². The van der Waals surface area contributed by atoms with E-state index in [1.165, 1.54) is 62.6 Å². The van der Waals surface area contributed by atoms with Crippen LogP contribution in [0, 0.1) is 52.5 Å². The third-order valence-electron chi connectivity index (χ3n) is 25.6. The van der Waals surface area contributed by atoms with Gasteiger partial charge in [-0.1, -0.05) is 98.3 Å². The fourth-order valence-corrected chi connectivity index (χ4v) is 19.3. The Morgan fingerprint density at radius 2 is 1.51 bits per heavy atom. The van der Waals surface area contributed by atoms with Crippen molar-refractivity contribution in [3.8, 4) is 23.0 Å². The lowest BCUT2D eigenvalue weighted by Crippen LogP contribution is -2.64. The van der Waals surface area contributed by atoms with Crippen LogP contribution in [0.4, 0.5) is 11.4 Å². The highest BCUT2D eigenvalue weighted by molar-refractivity contribution is 7.51. The number of amides is 8. The van der Waals surface area contributed by atoms with Gasteiger partial charge in [-0.05, 0) is 135 Å². The first-order valence-electron chi connectivity index (χ1n) is 44.0. The Hall–Kier alpha value is -10.9. The number of halogens is 2. The summed E-state index contributed by atoms with van der Waals surface area (Å²) in [6.45, 7) is 6.60. The molecule has 4 aromatic rings. The van der Waals surface area contributed by atoms with Crippen LogP contribution in [-0.2, 0) is 70.3 Å². The maximum atomic E-state index is 16.5. The van der Waals surface area contributed by atoms with Crippen molar-refractivity contribution in [1.29, 1.82) is 0 Å². The van der Waals surface area contributed by atoms with Crippen LogP contribution in [0.2, 0.25) is 0 Å². The molecule has 7 aliphatic heterocycles. The fraction of sp³-hybridized carbons (Fsp3) is 0.500. The van der Waals surface area contributed by atoms with Crippen LogP contribution in [0.5, 0.6) is 23.0 Å². The number of allylic oxidation sites excluding steroid dienone is 3. The summed E-state index contributed by atoms with van der Waals surface area (Å²) in [5.41, 5.74) is 4.30. The molecule has 736 valence electrons. The molecular formula is C90H111Cl2N12O31P. The number of carboxylic acid groups (broad SMARTS) is 1. The molecule has 15 rings (SSSR count). The van der Waals surface area contributed by atoms with Crippen LogP contribution < -0.4 is 77.8 Å². The summed E-state index contributed by atoms with van der Waals surface area (Å²) in [5.74, 6) is -22.8. The second-order valence-electron chi connectivity index (χ2n) is 35.8. The summed E-state index contributed by atoms with van der Waals surface area (Å²) < 4.78 is 57.6. The van der Waals surface area contributed by atoms with E-state index in [-0.39, 0.29) is 84.2 Å². The Morgan fingerprint density at radius 1 is 0.801 bits per heavy atom. The SMILES string of the molecule is CN[C@H](CC(C)C)C(=O)N[C@H]1C(=O)N[C@@H](CC(N)=O)C(=O)N[C@H]2C(=O)N[C@H]3C(=O)N[C@H](C(=O)N[C@@H](C(=O)O)C4CC(O)=C(CNCP(=O)(O)O)[C@H](O)C4C4=C[C@@H]3CC[C@H]4O)[C@H](O)[C@@H]3C=C(Cl)C(=CC3)Oc3cc2cc(c3OC2OC(OC3CC(C)(NCc4cccc(NC(=O)c5ccc(C)c(OCc6ccccc6)c5[N+](=O)[O-])c4)C(O)C(C)O3)[C@@H](O)C(O)[C@@H]2CO)O[C@@H]2C=CC(=C[C@H]2Cl)[C@H]1O. The number of benzene rings is 4. The molecule has 0 radical (unpaired) electrons. The third-order valence-corrected chi connectivity index (χ3v) is 26.9. The first-order chi connectivity index (χ1) is 64.4. The summed E-state index contributed by atoms with van der Waals surface area (Å²) in [6, 6.07) is 6.12. The van der Waals surface area contributed by atoms with E-state index in [2.05, 4.69) is 53.2 Å². The van der Waals surface area contributed by atoms with E-state index in [1.807, 2.05) is 13.8 Å². The summed E-state index contributed by atoms with van der Waals surface area (Å²) in [4.78, 5) is 165. The lowest BCUT2D eigenvalue weighted by atomic mass is 9.65. The Labute approximate surface area is 788 Å². The van der Waals surface area contributed by atoms with Crippen LogP contribution >= 0.6 is 30.8 Å². The monoisotopic (exact) mass is 1960 g/mol. The Balaban J connectivity index is 0.893. The van der Waals surface area contributed by atoms with Crippen LogP contribution in [0.15, 0.2) is 149 Å². The van der Waals surface area contributed by atoms with Gasteiger partial charge >= 0.3 is 19.3 Å². The standard InChI is InChI=1S/C90H111Cl2N12O31P/c1-38(2)23-55(94-6)81(116)102-69-72(109)44-17-21-59(53(91)26-44)131-61-28-46-29-62(78(61)134-88-52(35-105)75(112)76(113)89(135-88)133-64-32-90(5,79(114)40(4)130-64)96-33-42-13-10-14-47(24-42)97-80(115)48-19-15-39(3)77(71(48)104(124)125)129-36-41-11-8-7-9-12-41)132-60-22-18-45(27-54(60)92)73(110)70-86(121)101-68(87(122)123)50-30-58(107)51(34-95-37-136(126,127)128)74(111)65(50)49-25-43(16-20-57(49)106)66(83(118)103-70)100-84(119)67(46)99-82(117)56(31-63(93)108)98-85(69)120/h7-15,17,19,21-22,24-29,38,40,43,45,50,52-53,55-57,59,64-70,72-76,79,88-89,94-96,105-107,109-114H,16,18,20,23,30-37H2,1-6H3,(H2,93,108)(H,97,115)(H,98,120)(H,99,117)(H,100,119)(H,101,121)(H,102,116)(H,103,118)(H,122,123)(H2,126,127,128)/t40?,43-,45-,50?,52-,53+,55+,56-,57+,59+,64?,65?,66+,67+,68+,69+,70-,72+,73+,74-,75?,76-,79?,88?,89?,90?/m0/s1. The highest BCUT2D eigenvalue weighted by Gasteiger charge is 2.55. The van der Waals surface area contributed by atoms with Gasteiger partial charge in [-0.15, -0.1) is 11.6 Å². The largest absolute Gasteiger partial charge is 0.512 e. The number of nitrogens with zero attached hydrogens (tertiary/aromatic N) is 1. The number of nitrogens with two attached hydrogens (primary N) is 1. The molecule has 4 aromatic carbocycles. The first kappa shape index (κ1) is 103. The lowest BCUT2D eigenvalue weighted by molar-refractivity contribution is -0.386. The maximum Gasteiger partial charge on any atom is 0.339 e. The zero-order valence-corrected chi connectivity index (χ0v) is 76.7. The van der Waals surface area contributed by atoms with Crippen molar-refractivity contribution in [2.75, 3.05) is 31.8 Å². The highest BCUT2D eigenvalue weighted by atomic mass is 35.5. The number of aliphatic carboxylic acids is 1. The number of primary amides is 1. The fourth-order valence-electron chi connectivity index (χ4n) is 18.4. The van der Waals surface area contributed by atoms with Crippen molar-refractivity contribution >= 4 is 95.4 Å². The Kier molecular flexibility index (Phi) is 32.7. The van der Waals surface area contributed by atoms with Gasteiger partial charge in [0, 0.05) is 66.4 Å². The summed E-state index contributed by atoms with van der Waals surface area (Å²) in [5, 5.41) is 158. The minimum Gasteiger partial charge on any atom is -0.512 e. The van der Waals surface area contributed by atoms with E-state index in [0.717, 1.165) is 17.7 Å². The topological polar surface area (TPSA) is 668 Å². The lowest BCUT2D eigenvalue weighted by Gasteiger charge is -2.48. The van der Waals surface area contributed by atoms with Gasteiger partial charge in [-0.25, -0.2) is 4.79 Å². The first-order valence-corrected chi connectivity index (χ1v) is 46.7. The van der Waals surface area contributed by atoms with Crippen molar-refractivity contribution < 1.29 is 147 Å². The van der Waals surface area contributed by atoms with E-state index in [4.69, 9.17) is 62.1 Å². The molecule has 11 aliphatic rings. The Morgan fingerprint density at radius 3 is 2.19 bits per heavy atom. The van der Waals surface area contributed by atoms with Crippen molar-refractivity contribution in [2.45, 2.75) is 220 Å². The van der Waals surface area contributed by atoms with Gasteiger partial charge in [0.1, 0.15) is 72.5 Å². The second-order valence-corrected chi connectivity index (χ2v) is 38.3. The number of hydrogen-bond acceptors (Lipinski definition) is 31. The van der Waals surface area contributed by atoms with Gasteiger partial charge in [-0.2, -0.15) is 0 Å². The molecule has 7 heterocycles. The number of aryl methyl sites for hydroxylation is 1. The molecule has 0 saturated carbocycles. The number of aliphatic hydroxyl groups is 9.